The van der Waals surface area contributed by atoms with Gasteiger partial charge in [-0.2, -0.15) is 13.2 Å². The zero-order chi connectivity index (χ0) is 20.5. The van der Waals surface area contributed by atoms with Crippen molar-refractivity contribution in [2.24, 2.45) is 0 Å². The average molecular weight is 411 g/mol. The number of nitrogens with one attached hydrogen (secondary N) is 1. The molecule has 0 saturated heterocycles. The van der Waals surface area contributed by atoms with Gasteiger partial charge < -0.3 is 14.6 Å². The molecule has 0 spiro atoms. The van der Waals surface area contributed by atoms with Gasteiger partial charge in [-0.25, -0.2) is 0 Å². The molecule has 0 aliphatic heterocycles. The van der Waals surface area contributed by atoms with Gasteiger partial charge in [-0.15, -0.1) is 0 Å². The van der Waals surface area contributed by atoms with Gasteiger partial charge in [0.05, 0.1) is 10.7 Å². The molecule has 0 fully saturated rings. The predicted octanol–water partition coefficient (Wildman–Crippen LogP) is 5.25. The summed E-state index contributed by atoms with van der Waals surface area (Å²) in [6.07, 6.45) is -5.00. The Morgan fingerprint density at radius 1 is 1.14 bits per heavy atom. The van der Waals surface area contributed by atoms with Crippen LogP contribution in [0.2, 0.25) is 5.02 Å². The lowest BCUT2D eigenvalue weighted by atomic mass is 10.2. The summed E-state index contributed by atoms with van der Waals surface area (Å²) in [6.45, 7) is 1.22. The Bertz CT molecular complexity index is 1010. The molecule has 0 bridgehead atoms. The van der Waals surface area contributed by atoms with Crippen molar-refractivity contribution >= 4 is 45.8 Å². The lowest BCUT2D eigenvalue weighted by molar-refractivity contribution is -0.170. The van der Waals surface area contributed by atoms with Gasteiger partial charge in [-0.1, -0.05) is 29.8 Å². The van der Waals surface area contributed by atoms with E-state index in [0.717, 1.165) is 5.39 Å². The SMILES string of the molecule is CCN(C(=O)C(F)(F)F)c1ccc(NC(=O)c2cc3ccccc3o2)c(Cl)c1. The van der Waals surface area contributed by atoms with Gasteiger partial charge in [0.2, 0.25) is 0 Å². The van der Waals surface area contributed by atoms with E-state index < -0.39 is 18.0 Å². The summed E-state index contributed by atoms with van der Waals surface area (Å²) >= 11 is 6.10. The summed E-state index contributed by atoms with van der Waals surface area (Å²) in [4.78, 5) is 24.4. The van der Waals surface area contributed by atoms with E-state index in [9.17, 15) is 22.8 Å². The van der Waals surface area contributed by atoms with Gasteiger partial charge in [-0.3, -0.25) is 9.59 Å². The van der Waals surface area contributed by atoms with Crippen LogP contribution < -0.4 is 10.2 Å². The number of furan rings is 1. The Morgan fingerprint density at radius 3 is 2.46 bits per heavy atom. The number of benzene rings is 2. The van der Waals surface area contributed by atoms with E-state index in [-0.39, 0.29) is 28.7 Å². The second-order valence-electron chi connectivity index (χ2n) is 5.81. The topological polar surface area (TPSA) is 62.6 Å². The van der Waals surface area contributed by atoms with Crippen LogP contribution in [0.15, 0.2) is 52.9 Å². The smallest absolute Gasteiger partial charge is 0.451 e. The van der Waals surface area contributed by atoms with Crippen LogP contribution in [-0.2, 0) is 4.79 Å². The normalized spacial score (nSPS) is 11.5. The van der Waals surface area contributed by atoms with Crippen LogP contribution in [-0.4, -0.2) is 24.5 Å². The Balaban J connectivity index is 1.82. The third-order valence-corrected chi connectivity index (χ3v) is 4.28. The fourth-order valence-corrected chi connectivity index (χ4v) is 2.87. The fraction of sp³-hybridized carbons (Fsp3) is 0.158. The summed E-state index contributed by atoms with van der Waals surface area (Å²) in [6, 6.07) is 12.4. The standard InChI is InChI=1S/C19H14ClF3N2O3/c1-2-25(18(27)19(21,22)23)12-7-8-14(13(20)10-12)24-17(26)16-9-11-5-3-4-6-15(11)28-16/h3-10H,2H2,1H3,(H,24,26). The van der Waals surface area contributed by atoms with Crippen LogP contribution in [0, 0.1) is 0 Å². The highest BCUT2D eigenvalue weighted by Crippen LogP contribution is 2.31. The Morgan fingerprint density at radius 2 is 1.86 bits per heavy atom. The molecule has 0 saturated carbocycles. The molecule has 2 amide bonds. The maximum atomic E-state index is 12.7. The van der Waals surface area contributed by atoms with E-state index in [4.69, 9.17) is 16.0 Å². The Labute approximate surface area is 162 Å². The predicted molar refractivity (Wildman–Crippen MR) is 99.7 cm³/mol. The minimum atomic E-state index is -5.00. The van der Waals surface area contributed by atoms with Crippen molar-refractivity contribution in [1.29, 1.82) is 0 Å². The Kier molecular flexibility index (Phi) is 5.33. The van der Waals surface area contributed by atoms with Crippen LogP contribution in [0.3, 0.4) is 0 Å². The number of nitrogens with zero attached hydrogens (tertiary/aromatic N) is 1. The maximum Gasteiger partial charge on any atom is 0.471 e. The van der Waals surface area contributed by atoms with E-state index in [1.807, 2.05) is 0 Å². The summed E-state index contributed by atoms with van der Waals surface area (Å²) in [5, 5.41) is 3.27. The Hall–Kier alpha value is -3.00. The number of para-hydroxylation sites is 1. The quantitative estimate of drug-likeness (QED) is 0.638. The molecule has 3 rings (SSSR count). The first kappa shape index (κ1) is 19.8. The average Bonchev–Trinajstić information content (AvgIpc) is 3.08. The molecule has 0 unspecified atom stereocenters. The molecule has 2 aromatic carbocycles. The minimum Gasteiger partial charge on any atom is -0.451 e. The number of carbonyl (C=O) groups excluding carboxylic acids is 2. The van der Waals surface area contributed by atoms with Crippen molar-refractivity contribution in [3.63, 3.8) is 0 Å². The number of rotatable bonds is 4. The lowest BCUT2D eigenvalue weighted by Gasteiger charge is -2.22. The summed E-state index contributed by atoms with van der Waals surface area (Å²) in [5.41, 5.74) is 0.682. The molecule has 1 aromatic heterocycles. The number of alkyl halides is 3. The summed E-state index contributed by atoms with van der Waals surface area (Å²) in [7, 11) is 0. The number of fused-ring (bicyclic) bond motifs is 1. The summed E-state index contributed by atoms with van der Waals surface area (Å²) < 4.78 is 43.6. The molecule has 5 nitrogen and oxygen atoms in total. The van der Waals surface area contributed by atoms with Crippen molar-refractivity contribution in [3.05, 3.63) is 59.3 Å². The van der Waals surface area contributed by atoms with E-state index in [2.05, 4.69) is 5.32 Å². The van der Waals surface area contributed by atoms with Crippen LogP contribution >= 0.6 is 11.6 Å². The fourth-order valence-electron chi connectivity index (χ4n) is 2.65. The van der Waals surface area contributed by atoms with E-state index in [1.54, 1.807) is 30.3 Å². The molecule has 1 heterocycles. The zero-order valence-electron chi connectivity index (χ0n) is 14.5. The number of hydrogen-bond donors (Lipinski definition) is 1. The van der Waals surface area contributed by atoms with Gasteiger partial charge in [0.1, 0.15) is 5.58 Å². The van der Waals surface area contributed by atoms with Gasteiger partial charge in [-0.05, 0) is 37.3 Å². The molecular formula is C19H14ClF3N2O3. The van der Waals surface area contributed by atoms with E-state index in [1.165, 1.54) is 25.1 Å². The third-order valence-electron chi connectivity index (χ3n) is 3.97. The maximum absolute atomic E-state index is 12.7. The largest absolute Gasteiger partial charge is 0.471 e. The molecule has 1 N–H and O–H groups in total. The van der Waals surface area contributed by atoms with Crippen LogP contribution in [0.25, 0.3) is 11.0 Å². The molecule has 0 radical (unpaired) electrons. The first-order chi connectivity index (χ1) is 13.2. The molecule has 0 aliphatic rings. The first-order valence-corrected chi connectivity index (χ1v) is 8.56. The van der Waals surface area contributed by atoms with Gasteiger partial charge >= 0.3 is 12.1 Å². The molecular weight excluding hydrogens is 397 g/mol. The van der Waals surface area contributed by atoms with Gasteiger partial charge in [0, 0.05) is 17.6 Å². The van der Waals surface area contributed by atoms with Gasteiger partial charge in [0.25, 0.3) is 5.91 Å². The zero-order valence-corrected chi connectivity index (χ0v) is 15.3. The molecule has 3 aromatic rings. The number of halogens is 4. The summed E-state index contributed by atoms with van der Waals surface area (Å²) in [5.74, 6) is -2.50. The van der Waals surface area contributed by atoms with E-state index in [0.29, 0.717) is 10.5 Å². The van der Waals surface area contributed by atoms with Crippen LogP contribution in [0.1, 0.15) is 17.5 Å². The van der Waals surface area contributed by atoms with Crippen LogP contribution in [0.5, 0.6) is 0 Å². The van der Waals surface area contributed by atoms with Gasteiger partial charge in [0.15, 0.2) is 5.76 Å². The highest BCUT2D eigenvalue weighted by Gasteiger charge is 2.42. The van der Waals surface area contributed by atoms with Crippen molar-refractivity contribution in [2.75, 3.05) is 16.8 Å². The number of amides is 2. The highest BCUT2D eigenvalue weighted by molar-refractivity contribution is 6.34. The molecule has 9 heteroatoms. The monoisotopic (exact) mass is 410 g/mol. The number of carbonyl (C=O) groups is 2. The van der Waals surface area contributed by atoms with Crippen molar-refractivity contribution in [2.45, 2.75) is 13.1 Å². The van der Waals surface area contributed by atoms with Crippen molar-refractivity contribution in [1.82, 2.24) is 0 Å². The molecule has 28 heavy (non-hydrogen) atoms. The second-order valence-corrected chi connectivity index (χ2v) is 6.22. The molecule has 146 valence electrons. The van der Waals surface area contributed by atoms with Crippen LogP contribution in [0.4, 0.5) is 24.5 Å². The van der Waals surface area contributed by atoms with Crippen molar-refractivity contribution in [3.8, 4) is 0 Å². The first-order valence-electron chi connectivity index (χ1n) is 8.19. The van der Waals surface area contributed by atoms with E-state index >= 15 is 0 Å². The number of anilines is 2. The minimum absolute atomic E-state index is 0.0182. The highest BCUT2D eigenvalue weighted by atomic mass is 35.5. The molecule has 0 atom stereocenters. The third kappa shape index (κ3) is 3.96. The number of hydrogen-bond acceptors (Lipinski definition) is 3. The van der Waals surface area contributed by atoms with Crippen molar-refractivity contribution < 1.29 is 27.2 Å². The molecule has 0 aliphatic carbocycles. The lowest BCUT2D eigenvalue weighted by Crippen LogP contribution is -2.41. The second kappa shape index (κ2) is 7.55.